The van der Waals surface area contributed by atoms with Crippen LogP contribution in [0.3, 0.4) is 0 Å². The molecule has 120 valence electrons. The summed E-state index contributed by atoms with van der Waals surface area (Å²) in [5.41, 5.74) is 7.51. The number of nitrogens with zero attached hydrogens (tertiary/aromatic N) is 2. The molecule has 2 rings (SSSR count). The average molecular weight is 321 g/mol. The van der Waals surface area contributed by atoms with Crippen LogP contribution >= 0.6 is 11.8 Å². The number of carbonyl (C=O) groups excluding carboxylic acids is 1. The molecule has 1 fully saturated rings. The van der Waals surface area contributed by atoms with Crippen LogP contribution in [0.1, 0.15) is 38.7 Å². The highest BCUT2D eigenvalue weighted by Crippen LogP contribution is 2.37. The van der Waals surface area contributed by atoms with E-state index in [-0.39, 0.29) is 6.04 Å². The number of carbonyl (C=O) groups is 1. The number of amidine groups is 1. The molecular formula is C16H23N3O2S. The van der Waals surface area contributed by atoms with Crippen LogP contribution in [0.15, 0.2) is 23.2 Å². The molecule has 0 radical (unpaired) electrons. The molecule has 6 heteroatoms. The fraction of sp³-hybridized carbons (Fsp3) is 0.500. The van der Waals surface area contributed by atoms with Gasteiger partial charge in [-0.2, -0.15) is 4.99 Å². The molecule has 1 heterocycles. The Balaban J connectivity index is 2.56. The number of nitrogens with two attached hydrogens (primary N) is 1. The second-order valence-corrected chi connectivity index (χ2v) is 6.73. The molecule has 1 unspecified atom stereocenters. The van der Waals surface area contributed by atoms with E-state index in [2.05, 4.69) is 36.7 Å². The number of ether oxygens (including phenoxy) is 1. The molecule has 1 aliphatic heterocycles. The van der Waals surface area contributed by atoms with E-state index in [1.165, 1.54) is 5.56 Å². The van der Waals surface area contributed by atoms with Gasteiger partial charge in [-0.15, -0.1) is 0 Å². The minimum atomic E-state index is -0.657. The first-order valence-electron chi connectivity index (χ1n) is 7.42. The second-order valence-electron chi connectivity index (χ2n) is 5.67. The van der Waals surface area contributed by atoms with Gasteiger partial charge in [0.2, 0.25) is 0 Å². The Morgan fingerprint density at radius 2 is 2.23 bits per heavy atom. The molecule has 1 aromatic rings. The lowest BCUT2D eigenvalue weighted by molar-refractivity contribution is 0.256. The summed E-state index contributed by atoms with van der Waals surface area (Å²) in [6.07, 6.45) is 1.02. The van der Waals surface area contributed by atoms with E-state index in [0.717, 1.165) is 23.6 Å². The van der Waals surface area contributed by atoms with Crippen LogP contribution in [0.4, 0.5) is 10.5 Å². The van der Waals surface area contributed by atoms with Crippen molar-refractivity contribution in [2.24, 2.45) is 10.7 Å². The van der Waals surface area contributed by atoms with E-state index in [4.69, 9.17) is 10.5 Å². The number of amides is 2. The Labute approximate surface area is 135 Å². The smallest absolute Gasteiger partial charge is 0.340 e. The monoisotopic (exact) mass is 321 g/mol. The summed E-state index contributed by atoms with van der Waals surface area (Å²) in [6.45, 7) is 6.44. The molecule has 5 nitrogen and oxygen atoms in total. The van der Waals surface area contributed by atoms with Gasteiger partial charge in [-0.25, -0.2) is 4.79 Å². The zero-order chi connectivity index (χ0) is 16.3. The molecule has 2 N–H and O–H groups in total. The zero-order valence-corrected chi connectivity index (χ0v) is 14.3. The van der Waals surface area contributed by atoms with Crippen LogP contribution in [-0.2, 0) is 0 Å². The number of hydrogen-bond donors (Lipinski definition) is 1. The Bertz CT molecular complexity index is 587. The van der Waals surface area contributed by atoms with E-state index in [1.807, 2.05) is 12.1 Å². The number of primary amides is 1. The van der Waals surface area contributed by atoms with Gasteiger partial charge in [0.05, 0.1) is 12.8 Å². The predicted molar refractivity (Wildman–Crippen MR) is 93.1 cm³/mol. The van der Waals surface area contributed by atoms with Crippen molar-refractivity contribution in [1.29, 1.82) is 0 Å². The first kappa shape index (κ1) is 16.7. The third-order valence-corrected chi connectivity index (χ3v) is 4.72. The normalized spacial score (nSPS) is 20.5. The minimum absolute atomic E-state index is 0.254. The molecule has 0 spiro atoms. The van der Waals surface area contributed by atoms with Gasteiger partial charge in [0, 0.05) is 17.9 Å². The van der Waals surface area contributed by atoms with Gasteiger partial charge in [-0.05, 0) is 30.9 Å². The molecule has 0 saturated carbocycles. The van der Waals surface area contributed by atoms with Crippen molar-refractivity contribution < 1.29 is 9.53 Å². The molecule has 1 aromatic carbocycles. The number of aliphatic imine (C=N–C) groups is 1. The topological polar surface area (TPSA) is 67.9 Å². The Hall–Kier alpha value is -1.69. The summed E-state index contributed by atoms with van der Waals surface area (Å²) in [5.74, 6) is 2.08. The lowest BCUT2D eigenvalue weighted by Gasteiger charge is -2.37. The van der Waals surface area contributed by atoms with Gasteiger partial charge < -0.3 is 15.4 Å². The fourth-order valence-electron chi connectivity index (χ4n) is 2.58. The van der Waals surface area contributed by atoms with Crippen LogP contribution in [0, 0.1) is 0 Å². The standard InChI is InChI=1S/C16H23N3O2S/c1-10(2)13-6-5-12(21-4)9-14(13)19-11(3)7-8-22-16(19)18-15(17)20/h5-6,9-11H,7-8H2,1-4H3,(H2,17,20). The highest BCUT2D eigenvalue weighted by Gasteiger charge is 2.28. The van der Waals surface area contributed by atoms with Gasteiger partial charge in [0.15, 0.2) is 5.17 Å². The quantitative estimate of drug-likeness (QED) is 0.924. The van der Waals surface area contributed by atoms with Gasteiger partial charge in [0.25, 0.3) is 0 Å². The van der Waals surface area contributed by atoms with Gasteiger partial charge in [-0.3, -0.25) is 0 Å². The molecular weight excluding hydrogens is 298 g/mol. The van der Waals surface area contributed by atoms with Gasteiger partial charge >= 0.3 is 6.03 Å². The van der Waals surface area contributed by atoms with Crippen molar-refractivity contribution in [3.63, 3.8) is 0 Å². The van der Waals surface area contributed by atoms with E-state index in [9.17, 15) is 4.79 Å². The maximum absolute atomic E-state index is 11.3. The number of hydrogen-bond acceptors (Lipinski definition) is 3. The maximum atomic E-state index is 11.3. The van der Waals surface area contributed by atoms with Crippen LogP contribution in [0.2, 0.25) is 0 Å². The molecule has 1 atom stereocenters. The lowest BCUT2D eigenvalue weighted by Crippen LogP contribution is -2.42. The average Bonchev–Trinajstić information content (AvgIpc) is 2.46. The van der Waals surface area contributed by atoms with E-state index in [0.29, 0.717) is 11.1 Å². The van der Waals surface area contributed by atoms with Gasteiger partial charge in [-0.1, -0.05) is 31.7 Å². The van der Waals surface area contributed by atoms with Crippen LogP contribution in [0.25, 0.3) is 0 Å². The third kappa shape index (κ3) is 3.55. The highest BCUT2D eigenvalue weighted by molar-refractivity contribution is 8.14. The zero-order valence-electron chi connectivity index (χ0n) is 13.5. The maximum Gasteiger partial charge on any atom is 0.340 e. The third-order valence-electron chi connectivity index (χ3n) is 3.74. The Morgan fingerprint density at radius 1 is 1.50 bits per heavy atom. The summed E-state index contributed by atoms with van der Waals surface area (Å²) in [7, 11) is 1.65. The number of urea groups is 1. The molecule has 22 heavy (non-hydrogen) atoms. The first-order valence-corrected chi connectivity index (χ1v) is 8.40. The molecule has 2 amide bonds. The predicted octanol–water partition coefficient (Wildman–Crippen LogP) is 3.59. The van der Waals surface area contributed by atoms with E-state index in [1.54, 1.807) is 18.9 Å². The Morgan fingerprint density at radius 3 is 2.82 bits per heavy atom. The highest BCUT2D eigenvalue weighted by atomic mass is 32.2. The number of methoxy groups -OCH3 is 1. The first-order chi connectivity index (χ1) is 10.4. The molecule has 0 aliphatic carbocycles. The molecule has 1 saturated heterocycles. The number of benzene rings is 1. The largest absolute Gasteiger partial charge is 0.497 e. The van der Waals surface area contributed by atoms with Crippen molar-refractivity contribution >= 4 is 28.6 Å². The van der Waals surface area contributed by atoms with Crippen molar-refractivity contribution in [1.82, 2.24) is 0 Å². The summed E-state index contributed by atoms with van der Waals surface area (Å²) in [5, 5.41) is 0.668. The number of thioether (sulfide) groups is 1. The minimum Gasteiger partial charge on any atom is -0.497 e. The molecule has 0 bridgehead atoms. The Kier molecular flexibility index (Phi) is 5.34. The summed E-state index contributed by atoms with van der Waals surface area (Å²) >= 11 is 1.57. The second kappa shape index (κ2) is 7.05. The fourth-order valence-corrected chi connectivity index (χ4v) is 3.79. The van der Waals surface area contributed by atoms with E-state index >= 15 is 0 Å². The van der Waals surface area contributed by atoms with Crippen molar-refractivity contribution in [3.8, 4) is 5.75 Å². The van der Waals surface area contributed by atoms with Crippen LogP contribution < -0.4 is 15.4 Å². The number of rotatable bonds is 3. The van der Waals surface area contributed by atoms with Gasteiger partial charge in [0.1, 0.15) is 5.75 Å². The number of anilines is 1. The van der Waals surface area contributed by atoms with Crippen molar-refractivity contribution in [3.05, 3.63) is 23.8 Å². The lowest BCUT2D eigenvalue weighted by atomic mass is 9.99. The van der Waals surface area contributed by atoms with Crippen molar-refractivity contribution in [2.45, 2.75) is 39.2 Å². The molecule has 0 aromatic heterocycles. The molecule has 1 aliphatic rings. The van der Waals surface area contributed by atoms with Crippen molar-refractivity contribution in [2.75, 3.05) is 17.8 Å². The SMILES string of the molecule is COc1ccc(C(C)C)c(N2C(=NC(N)=O)SCCC2C)c1. The summed E-state index contributed by atoms with van der Waals surface area (Å²) in [6, 6.07) is 5.64. The summed E-state index contributed by atoms with van der Waals surface area (Å²) in [4.78, 5) is 17.4. The van der Waals surface area contributed by atoms with Crippen LogP contribution in [-0.4, -0.2) is 30.1 Å². The summed E-state index contributed by atoms with van der Waals surface area (Å²) < 4.78 is 5.37. The van der Waals surface area contributed by atoms with Crippen LogP contribution in [0.5, 0.6) is 5.75 Å². The van der Waals surface area contributed by atoms with E-state index < -0.39 is 6.03 Å².